The average molecular weight is 597 g/mol. The van der Waals surface area contributed by atoms with Gasteiger partial charge in [-0.1, -0.05) is 6.07 Å². The molecule has 1 aliphatic heterocycles. The van der Waals surface area contributed by atoms with Crippen LogP contribution in [0.15, 0.2) is 48.5 Å². The van der Waals surface area contributed by atoms with Gasteiger partial charge in [-0.25, -0.2) is 4.79 Å². The second-order valence-electron chi connectivity index (χ2n) is 9.90. The molecule has 0 spiro atoms. The van der Waals surface area contributed by atoms with Gasteiger partial charge in [0, 0.05) is 12.0 Å². The van der Waals surface area contributed by atoms with Gasteiger partial charge in [-0.3, -0.25) is 0 Å². The van der Waals surface area contributed by atoms with Gasteiger partial charge in [-0.2, -0.15) is 0 Å². The van der Waals surface area contributed by atoms with Gasteiger partial charge in [0.25, 0.3) is 0 Å². The van der Waals surface area contributed by atoms with Crippen LogP contribution in [0.4, 0.5) is 0 Å². The van der Waals surface area contributed by atoms with E-state index in [1.807, 2.05) is 0 Å². The summed E-state index contributed by atoms with van der Waals surface area (Å²) in [5.74, 6) is 0.0440. The number of hydrogen-bond donors (Lipinski definition) is 3. The maximum Gasteiger partial charge on any atom is 0.330 e. The van der Waals surface area contributed by atoms with E-state index in [0.29, 0.717) is 24.2 Å². The molecule has 11 heteroatoms. The van der Waals surface area contributed by atoms with Crippen molar-refractivity contribution in [3.05, 3.63) is 65.2 Å². The predicted octanol–water partition coefficient (Wildman–Crippen LogP) is 4.65. The molecule has 1 aliphatic rings. The van der Waals surface area contributed by atoms with Crippen LogP contribution in [0.3, 0.4) is 0 Å². The van der Waals surface area contributed by atoms with Crippen LogP contribution >= 0.6 is 0 Å². The Morgan fingerprint density at radius 1 is 0.814 bits per heavy atom. The highest BCUT2D eigenvalue weighted by molar-refractivity contribution is 5.87. The Kier molecular flexibility index (Phi) is 10.1. The molecule has 11 nitrogen and oxygen atoms in total. The smallest absolute Gasteiger partial charge is 0.330 e. The van der Waals surface area contributed by atoms with Crippen LogP contribution < -0.4 is 23.7 Å². The van der Waals surface area contributed by atoms with Crippen molar-refractivity contribution in [1.29, 1.82) is 0 Å². The fourth-order valence-electron chi connectivity index (χ4n) is 5.13. The third-order valence-corrected chi connectivity index (χ3v) is 7.39. The lowest BCUT2D eigenvalue weighted by Crippen LogP contribution is -2.24. The van der Waals surface area contributed by atoms with Crippen LogP contribution in [-0.2, 0) is 20.7 Å². The van der Waals surface area contributed by atoms with Gasteiger partial charge in [0.1, 0.15) is 0 Å². The number of phenolic OH excluding ortho intramolecular Hbond substituents is 3. The van der Waals surface area contributed by atoms with Crippen LogP contribution in [0, 0.1) is 11.8 Å². The van der Waals surface area contributed by atoms with Gasteiger partial charge in [0.2, 0.25) is 11.5 Å². The molecule has 0 aliphatic carbocycles. The summed E-state index contributed by atoms with van der Waals surface area (Å²) >= 11 is 0. The van der Waals surface area contributed by atoms with E-state index in [1.165, 1.54) is 47.7 Å². The van der Waals surface area contributed by atoms with Crippen molar-refractivity contribution < 1.29 is 53.3 Å². The number of esters is 1. The Morgan fingerprint density at radius 2 is 1.37 bits per heavy atom. The van der Waals surface area contributed by atoms with Gasteiger partial charge >= 0.3 is 5.97 Å². The quantitative estimate of drug-likeness (QED) is 0.199. The van der Waals surface area contributed by atoms with Gasteiger partial charge < -0.3 is 48.5 Å². The number of benzene rings is 3. The summed E-state index contributed by atoms with van der Waals surface area (Å²) in [5, 5.41) is 30.6. The van der Waals surface area contributed by atoms with E-state index in [-0.39, 0.29) is 64.4 Å². The summed E-state index contributed by atoms with van der Waals surface area (Å²) in [7, 11) is 7.25. The van der Waals surface area contributed by atoms with E-state index >= 15 is 0 Å². The average Bonchev–Trinajstić information content (AvgIpc) is 3.42. The lowest BCUT2D eigenvalue weighted by Gasteiger charge is -2.24. The van der Waals surface area contributed by atoms with Crippen LogP contribution in [0.1, 0.15) is 22.8 Å². The zero-order valence-corrected chi connectivity index (χ0v) is 24.7. The first kappa shape index (κ1) is 31.2. The molecular weight excluding hydrogens is 560 g/mol. The lowest BCUT2D eigenvalue weighted by atomic mass is 9.84. The SMILES string of the molecule is COc1cc(C=CC(=O)OC[C@H]2[C@@H](Cc3cc(OC)c(O)c(OC)c3)CO[C@@H]2c2cc(OC)c(O)c(OC)c2)ccc1O. The molecule has 3 aromatic rings. The summed E-state index contributed by atoms with van der Waals surface area (Å²) in [5.41, 5.74) is 2.16. The summed E-state index contributed by atoms with van der Waals surface area (Å²) in [6.45, 7) is 0.363. The van der Waals surface area contributed by atoms with Crippen LogP contribution in [0.2, 0.25) is 0 Å². The number of methoxy groups -OCH3 is 5. The minimum atomic E-state index is -0.565. The molecule has 3 N–H and O–H groups in total. The number of carbonyl (C=O) groups excluding carboxylic acids is 1. The normalized spacial score (nSPS) is 17.9. The van der Waals surface area contributed by atoms with Crippen molar-refractivity contribution in [2.75, 3.05) is 48.8 Å². The molecule has 0 unspecified atom stereocenters. The van der Waals surface area contributed by atoms with Crippen molar-refractivity contribution >= 4 is 12.0 Å². The van der Waals surface area contributed by atoms with E-state index < -0.39 is 12.1 Å². The highest BCUT2D eigenvalue weighted by Crippen LogP contribution is 2.46. The van der Waals surface area contributed by atoms with Gasteiger partial charge in [-0.05, 0) is 71.5 Å². The van der Waals surface area contributed by atoms with E-state index in [1.54, 1.807) is 42.5 Å². The standard InChI is InChI=1S/C32H36O11/c1-37-24-11-18(6-8-23(24)33)7-9-29(34)42-17-22-21(10-19-12-25(38-2)30(35)26(13-19)39-3)16-43-32(22)20-14-27(40-4)31(36)28(15-20)41-5/h6-9,11-15,21-22,32-33,35-36H,10,16-17H2,1-5H3/t21-,22-,32+/m0/s1. The van der Waals surface area contributed by atoms with Crippen LogP contribution in [0.25, 0.3) is 6.08 Å². The molecule has 3 atom stereocenters. The Bertz CT molecular complexity index is 1420. The van der Waals surface area contributed by atoms with Gasteiger partial charge in [0.15, 0.2) is 34.5 Å². The minimum Gasteiger partial charge on any atom is -0.504 e. The first-order valence-electron chi connectivity index (χ1n) is 13.4. The second-order valence-corrected chi connectivity index (χ2v) is 9.90. The van der Waals surface area contributed by atoms with Crippen molar-refractivity contribution in [3.63, 3.8) is 0 Å². The monoisotopic (exact) mass is 596 g/mol. The summed E-state index contributed by atoms with van der Waals surface area (Å²) in [4.78, 5) is 12.8. The highest BCUT2D eigenvalue weighted by atomic mass is 16.5. The van der Waals surface area contributed by atoms with Crippen LogP contribution in [0.5, 0.6) is 46.0 Å². The Balaban J connectivity index is 1.60. The maximum absolute atomic E-state index is 12.8. The molecule has 230 valence electrons. The highest BCUT2D eigenvalue weighted by Gasteiger charge is 2.40. The molecule has 0 amide bonds. The first-order valence-corrected chi connectivity index (χ1v) is 13.4. The van der Waals surface area contributed by atoms with E-state index in [2.05, 4.69) is 0 Å². The minimum absolute atomic E-state index is 0.00750. The van der Waals surface area contributed by atoms with E-state index in [0.717, 1.165) is 5.56 Å². The third kappa shape index (κ3) is 7.00. The summed E-state index contributed by atoms with van der Waals surface area (Å²) < 4.78 is 38.4. The number of aromatic hydroxyl groups is 3. The molecule has 1 fully saturated rings. The van der Waals surface area contributed by atoms with Crippen molar-refractivity contribution in [3.8, 4) is 46.0 Å². The summed E-state index contributed by atoms with van der Waals surface area (Å²) in [6.07, 6.45) is 2.84. The molecule has 0 radical (unpaired) electrons. The number of hydrogen-bond acceptors (Lipinski definition) is 11. The fourth-order valence-corrected chi connectivity index (χ4v) is 5.13. The van der Waals surface area contributed by atoms with Crippen molar-refractivity contribution in [1.82, 2.24) is 0 Å². The van der Waals surface area contributed by atoms with Gasteiger partial charge in [0.05, 0.1) is 54.9 Å². The largest absolute Gasteiger partial charge is 0.504 e. The second kappa shape index (κ2) is 13.9. The molecular formula is C32H36O11. The molecule has 0 bridgehead atoms. The molecule has 3 aromatic carbocycles. The zero-order valence-electron chi connectivity index (χ0n) is 24.7. The van der Waals surface area contributed by atoms with Gasteiger partial charge in [-0.15, -0.1) is 0 Å². The maximum atomic E-state index is 12.8. The topological polar surface area (TPSA) is 142 Å². The van der Waals surface area contributed by atoms with Crippen LogP contribution in [-0.4, -0.2) is 70.1 Å². The number of carbonyl (C=O) groups is 1. The van der Waals surface area contributed by atoms with E-state index in [9.17, 15) is 20.1 Å². The first-order chi connectivity index (χ1) is 20.7. The molecule has 1 saturated heterocycles. The predicted molar refractivity (Wildman–Crippen MR) is 156 cm³/mol. The zero-order chi connectivity index (χ0) is 31.1. The molecule has 0 saturated carbocycles. The van der Waals surface area contributed by atoms with Crippen molar-refractivity contribution in [2.24, 2.45) is 11.8 Å². The Labute approximate surface area is 249 Å². The molecule has 1 heterocycles. The fraction of sp³-hybridized carbons (Fsp3) is 0.344. The lowest BCUT2D eigenvalue weighted by molar-refractivity contribution is -0.139. The third-order valence-electron chi connectivity index (χ3n) is 7.39. The number of rotatable bonds is 12. The number of ether oxygens (including phenoxy) is 7. The molecule has 43 heavy (non-hydrogen) atoms. The molecule has 0 aromatic heterocycles. The number of phenols is 3. The summed E-state index contributed by atoms with van der Waals surface area (Å²) in [6, 6.07) is 11.5. The Hall–Kier alpha value is -4.77. The Morgan fingerprint density at radius 3 is 1.93 bits per heavy atom. The van der Waals surface area contributed by atoms with Crippen molar-refractivity contribution in [2.45, 2.75) is 12.5 Å². The molecule has 4 rings (SSSR count). The van der Waals surface area contributed by atoms with E-state index in [4.69, 9.17) is 33.2 Å².